The van der Waals surface area contributed by atoms with Crippen LogP contribution in [0, 0.1) is 5.92 Å². The van der Waals surface area contributed by atoms with Gasteiger partial charge in [-0.05, 0) is 37.1 Å². The van der Waals surface area contributed by atoms with Crippen LogP contribution in [-0.2, 0) is 11.3 Å². The van der Waals surface area contributed by atoms with Gasteiger partial charge in [0.25, 0.3) is 0 Å². The minimum absolute atomic E-state index is 0.121. The smallest absolute Gasteiger partial charge is 0.321 e. The number of carbonyl (C=O) groups excluding carboxylic acids is 2. The second kappa shape index (κ2) is 9.36. The topological polar surface area (TPSA) is 88.9 Å². The van der Waals surface area contributed by atoms with Crippen molar-refractivity contribution in [3.8, 4) is 10.7 Å². The second-order valence-electron chi connectivity index (χ2n) is 6.71. The first-order valence-corrected chi connectivity index (χ1v) is 11.1. The summed E-state index contributed by atoms with van der Waals surface area (Å²) in [4.78, 5) is 25.3. The molecule has 2 heterocycles. The van der Waals surface area contributed by atoms with Crippen molar-refractivity contribution in [1.82, 2.24) is 25.4 Å². The molecule has 27 heavy (non-hydrogen) atoms. The molecule has 0 aromatic carbocycles. The average Bonchev–Trinajstić information content (AvgIpc) is 3.30. The van der Waals surface area contributed by atoms with Crippen molar-refractivity contribution in [2.75, 3.05) is 5.75 Å². The molecule has 2 aromatic rings. The average molecular weight is 408 g/mol. The van der Waals surface area contributed by atoms with Crippen LogP contribution in [-0.4, -0.2) is 38.5 Å². The molecule has 3 rings (SSSR count). The second-order valence-corrected chi connectivity index (χ2v) is 8.60. The molecule has 2 aromatic heterocycles. The fraction of sp³-hybridized carbons (Fsp3) is 0.556. The number of urea groups is 1. The van der Waals surface area contributed by atoms with Crippen LogP contribution >= 0.6 is 23.1 Å². The van der Waals surface area contributed by atoms with E-state index in [9.17, 15) is 9.59 Å². The summed E-state index contributed by atoms with van der Waals surface area (Å²) in [6, 6.07) is 3.71. The molecule has 1 aliphatic rings. The van der Waals surface area contributed by atoms with Crippen LogP contribution in [0.3, 0.4) is 0 Å². The molecule has 2 N–H and O–H groups in total. The molecule has 146 valence electrons. The number of rotatable bonds is 6. The SMILES string of the molecule is CCn1c(SCC(=O)NC(=O)NC2CCCCC2C)nnc1-c1cccs1. The van der Waals surface area contributed by atoms with E-state index < -0.39 is 6.03 Å². The summed E-state index contributed by atoms with van der Waals surface area (Å²) in [7, 11) is 0. The van der Waals surface area contributed by atoms with Crippen molar-refractivity contribution < 1.29 is 9.59 Å². The zero-order chi connectivity index (χ0) is 19.2. The van der Waals surface area contributed by atoms with Crippen molar-refractivity contribution in [3.63, 3.8) is 0 Å². The highest BCUT2D eigenvalue weighted by Crippen LogP contribution is 2.27. The number of nitrogens with zero attached hydrogens (tertiary/aromatic N) is 3. The van der Waals surface area contributed by atoms with Gasteiger partial charge in [0.15, 0.2) is 11.0 Å². The Kier molecular flexibility index (Phi) is 6.89. The molecule has 7 nitrogen and oxygen atoms in total. The van der Waals surface area contributed by atoms with Gasteiger partial charge in [-0.25, -0.2) is 4.79 Å². The predicted octanol–water partition coefficient (Wildman–Crippen LogP) is 3.52. The van der Waals surface area contributed by atoms with Crippen molar-refractivity contribution in [2.24, 2.45) is 5.92 Å². The third kappa shape index (κ3) is 5.10. The van der Waals surface area contributed by atoms with Crippen LogP contribution < -0.4 is 10.6 Å². The predicted molar refractivity (Wildman–Crippen MR) is 108 cm³/mol. The summed E-state index contributed by atoms with van der Waals surface area (Å²) in [6.45, 7) is 4.87. The summed E-state index contributed by atoms with van der Waals surface area (Å²) in [6.07, 6.45) is 4.43. The first-order chi connectivity index (χ1) is 13.1. The highest BCUT2D eigenvalue weighted by Gasteiger charge is 2.23. The summed E-state index contributed by atoms with van der Waals surface area (Å²) in [5.74, 6) is 1.05. The Morgan fingerprint density at radius 1 is 1.33 bits per heavy atom. The first kappa shape index (κ1) is 19.9. The number of aromatic nitrogens is 3. The lowest BCUT2D eigenvalue weighted by molar-refractivity contribution is -0.117. The quantitative estimate of drug-likeness (QED) is 0.715. The molecule has 0 aliphatic heterocycles. The van der Waals surface area contributed by atoms with E-state index in [-0.39, 0.29) is 17.7 Å². The Hall–Kier alpha value is -1.87. The summed E-state index contributed by atoms with van der Waals surface area (Å²) < 4.78 is 1.98. The lowest BCUT2D eigenvalue weighted by Crippen LogP contribution is -2.48. The molecule has 9 heteroatoms. The van der Waals surface area contributed by atoms with E-state index in [1.165, 1.54) is 18.2 Å². The third-order valence-corrected chi connectivity index (χ3v) is 6.62. The molecular weight excluding hydrogens is 382 g/mol. The number of hydrogen-bond donors (Lipinski definition) is 2. The Bertz CT molecular complexity index is 775. The van der Waals surface area contributed by atoms with Crippen LogP contribution in [0.5, 0.6) is 0 Å². The van der Waals surface area contributed by atoms with Crippen molar-refractivity contribution in [2.45, 2.75) is 57.3 Å². The van der Waals surface area contributed by atoms with E-state index in [0.29, 0.717) is 17.6 Å². The Morgan fingerprint density at radius 3 is 2.85 bits per heavy atom. The number of amides is 3. The zero-order valence-corrected chi connectivity index (χ0v) is 17.2. The maximum atomic E-state index is 12.1. The van der Waals surface area contributed by atoms with Crippen LogP contribution in [0.15, 0.2) is 22.7 Å². The molecule has 0 radical (unpaired) electrons. The van der Waals surface area contributed by atoms with Crippen molar-refractivity contribution >= 4 is 35.0 Å². The van der Waals surface area contributed by atoms with Gasteiger partial charge in [0.05, 0.1) is 10.6 Å². The molecule has 2 unspecified atom stereocenters. The van der Waals surface area contributed by atoms with E-state index in [4.69, 9.17) is 0 Å². The van der Waals surface area contributed by atoms with E-state index in [2.05, 4.69) is 27.8 Å². The highest BCUT2D eigenvalue weighted by atomic mass is 32.2. The van der Waals surface area contributed by atoms with E-state index >= 15 is 0 Å². The minimum atomic E-state index is -0.407. The van der Waals surface area contributed by atoms with Gasteiger partial charge < -0.3 is 9.88 Å². The van der Waals surface area contributed by atoms with Crippen molar-refractivity contribution in [3.05, 3.63) is 17.5 Å². The van der Waals surface area contributed by atoms with Crippen LogP contribution in [0.4, 0.5) is 4.79 Å². The maximum absolute atomic E-state index is 12.1. The first-order valence-electron chi connectivity index (χ1n) is 9.28. The molecule has 1 saturated carbocycles. The monoisotopic (exact) mass is 407 g/mol. The fourth-order valence-electron chi connectivity index (χ4n) is 3.30. The van der Waals surface area contributed by atoms with E-state index in [1.54, 1.807) is 11.3 Å². The Morgan fingerprint density at radius 2 is 2.15 bits per heavy atom. The number of thiophene rings is 1. The van der Waals surface area contributed by atoms with Crippen LogP contribution in [0.2, 0.25) is 0 Å². The van der Waals surface area contributed by atoms with E-state index in [1.807, 2.05) is 29.0 Å². The Balaban J connectivity index is 1.51. The largest absolute Gasteiger partial charge is 0.335 e. The third-order valence-electron chi connectivity index (χ3n) is 4.79. The summed E-state index contributed by atoms with van der Waals surface area (Å²) >= 11 is 2.89. The van der Waals surface area contributed by atoms with Gasteiger partial charge >= 0.3 is 6.03 Å². The normalized spacial score (nSPS) is 19.6. The lowest BCUT2D eigenvalue weighted by atomic mass is 9.86. The van der Waals surface area contributed by atoms with Gasteiger partial charge in [0.1, 0.15) is 0 Å². The van der Waals surface area contributed by atoms with Gasteiger partial charge in [-0.2, -0.15) is 0 Å². The summed E-state index contributed by atoms with van der Waals surface area (Å²) in [5.41, 5.74) is 0. The van der Waals surface area contributed by atoms with Gasteiger partial charge in [0, 0.05) is 12.6 Å². The molecule has 1 fully saturated rings. The number of hydrogen-bond acceptors (Lipinski definition) is 6. The van der Waals surface area contributed by atoms with Crippen LogP contribution in [0.25, 0.3) is 10.7 Å². The molecule has 3 amide bonds. The number of nitrogens with one attached hydrogen (secondary N) is 2. The molecule has 2 atom stereocenters. The standard InChI is InChI=1S/C18H25N5O2S2/c1-3-23-16(14-9-6-10-26-14)21-22-18(23)27-11-15(24)20-17(25)19-13-8-5-4-7-12(13)2/h6,9-10,12-13H,3-5,7-8,11H2,1-2H3,(H2,19,20,24,25). The van der Waals surface area contributed by atoms with Gasteiger partial charge in [-0.3, -0.25) is 10.1 Å². The zero-order valence-electron chi connectivity index (χ0n) is 15.6. The maximum Gasteiger partial charge on any atom is 0.321 e. The molecule has 0 saturated heterocycles. The number of imide groups is 1. The van der Waals surface area contributed by atoms with Gasteiger partial charge in [-0.1, -0.05) is 37.6 Å². The number of thioether (sulfide) groups is 1. The molecular formula is C18H25N5O2S2. The van der Waals surface area contributed by atoms with E-state index in [0.717, 1.165) is 30.0 Å². The number of carbonyl (C=O) groups is 2. The van der Waals surface area contributed by atoms with Crippen LogP contribution in [0.1, 0.15) is 39.5 Å². The Labute approximate surface area is 167 Å². The fourth-order valence-corrected chi connectivity index (χ4v) is 4.82. The molecule has 1 aliphatic carbocycles. The van der Waals surface area contributed by atoms with Gasteiger partial charge in [-0.15, -0.1) is 21.5 Å². The minimum Gasteiger partial charge on any atom is -0.335 e. The van der Waals surface area contributed by atoms with Crippen molar-refractivity contribution in [1.29, 1.82) is 0 Å². The summed E-state index contributed by atoms with van der Waals surface area (Å²) in [5, 5.41) is 16.5. The molecule has 0 bridgehead atoms. The van der Waals surface area contributed by atoms with Gasteiger partial charge in [0.2, 0.25) is 5.91 Å². The molecule has 0 spiro atoms. The highest BCUT2D eigenvalue weighted by molar-refractivity contribution is 7.99. The lowest BCUT2D eigenvalue weighted by Gasteiger charge is -2.29.